The zero-order valence-electron chi connectivity index (χ0n) is 23.1. The van der Waals surface area contributed by atoms with Crippen LogP contribution in [0.5, 0.6) is 0 Å². The van der Waals surface area contributed by atoms with Crippen LogP contribution in [0, 0.1) is 12.7 Å². The zero-order chi connectivity index (χ0) is 29.5. The molecule has 0 fully saturated rings. The summed E-state index contributed by atoms with van der Waals surface area (Å²) >= 11 is 0. The van der Waals surface area contributed by atoms with E-state index in [0.717, 1.165) is 22.1 Å². The van der Waals surface area contributed by atoms with Crippen molar-refractivity contribution in [2.75, 3.05) is 0 Å². The Bertz CT molecular complexity index is 1940. The highest BCUT2D eigenvalue weighted by molar-refractivity contribution is 5.96. The van der Waals surface area contributed by atoms with Gasteiger partial charge in [0.05, 0.1) is 40.7 Å². The Morgan fingerprint density at radius 1 is 1.24 bits per heavy atom. The lowest BCUT2D eigenvalue weighted by atomic mass is 9.81. The largest absolute Gasteiger partial charge is 0.458 e. The average Bonchev–Trinajstić information content (AvgIpc) is 3.37. The number of carbonyl (C=O) groups is 2. The van der Waals surface area contributed by atoms with Gasteiger partial charge in [-0.15, -0.1) is 0 Å². The number of cyclic esters (lactones) is 1. The van der Waals surface area contributed by atoms with Crippen LogP contribution in [0.25, 0.3) is 22.3 Å². The van der Waals surface area contributed by atoms with Gasteiger partial charge in [0, 0.05) is 29.1 Å². The van der Waals surface area contributed by atoms with Gasteiger partial charge < -0.3 is 25.5 Å². The van der Waals surface area contributed by atoms with Crippen LogP contribution in [0.4, 0.5) is 4.39 Å². The Balaban J connectivity index is 1.44. The van der Waals surface area contributed by atoms with Crippen LogP contribution >= 0.6 is 0 Å². The molecule has 3 aliphatic rings. The minimum Gasteiger partial charge on any atom is -0.458 e. The van der Waals surface area contributed by atoms with E-state index in [0.29, 0.717) is 41.0 Å². The fraction of sp³-hybridized carbons (Fsp3) is 0.323. The highest BCUT2D eigenvalue weighted by Crippen LogP contribution is 2.46. The van der Waals surface area contributed by atoms with Crippen molar-refractivity contribution in [2.24, 2.45) is 5.73 Å². The number of esters is 1. The summed E-state index contributed by atoms with van der Waals surface area (Å²) in [5.41, 5.74) is 8.75. The highest BCUT2D eigenvalue weighted by atomic mass is 19.1. The second kappa shape index (κ2) is 9.27. The molecule has 4 aromatic rings. The molecule has 0 saturated heterocycles. The Hall–Kier alpha value is -4.48. The predicted molar refractivity (Wildman–Crippen MR) is 150 cm³/mol. The quantitative estimate of drug-likeness (QED) is 0.280. The Morgan fingerprint density at radius 2 is 2.05 bits per heavy atom. The monoisotopic (exact) mass is 569 g/mol. The van der Waals surface area contributed by atoms with Gasteiger partial charge in [-0.3, -0.25) is 9.59 Å². The van der Waals surface area contributed by atoms with Crippen LogP contribution in [0.15, 0.2) is 35.1 Å². The molecule has 0 spiro atoms. The number of ether oxygens (including phenoxy) is 1. The predicted octanol–water partition coefficient (Wildman–Crippen LogP) is 2.80. The molecule has 11 heteroatoms. The van der Waals surface area contributed by atoms with Crippen LogP contribution in [-0.4, -0.2) is 31.5 Å². The van der Waals surface area contributed by atoms with Gasteiger partial charge in [-0.1, -0.05) is 13.0 Å². The third-order valence-corrected chi connectivity index (χ3v) is 8.93. The second-order valence-corrected chi connectivity index (χ2v) is 11.1. The summed E-state index contributed by atoms with van der Waals surface area (Å²) in [4.78, 5) is 48.9. The molecule has 0 bridgehead atoms. The summed E-state index contributed by atoms with van der Waals surface area (Å²) in [7, 11) is 0. The molecule has 10 nitrogen and oxygen atoms in total. The molecular formula is C31H28FN5O5. The SMILES string of the molecule is CC[C@@]1(O)C(=O)OCc2c1cc1n(c2=O)Cc2c-1nc1cc(F)c(C)c3c1c2[C@@H](NC(=O)c1cccc(CN)n1)CC3. The van der Waals surface area contributed by atoms with E-state index in [4.69, 9.17) is 15.5 Å². The number of halogens is 1. The van der Waals surface area contributed by atoms with Gasteiger partial charge in [0.1, 0.15) is 18.1 Å². The number of amides is 1. The number of aromatic nitrogens is 3. The van der Waals surface area contributed by atoms with E-state index in [9.17, 15) is 19.5 Å². The third kappa shape index (κ3) is 3.59. The maximum absolute atomic E-state index is 15.1. The Labute approximate surface area is 239 Å². The van der Waals surface area contributed by atoms with Crippen LogP contribution in [0.1, 0.15) is 75.4 Å². The molecular weight excluding hydrogens is 541 g/mol. The average molecular weight is 570 g/mol. The molecule has 2 aliphatic heterocycles. The molecule has 1 aromatic carbocycles. The van der Waals surface area contributed by atoms with Gasteiger partial charge >= 0.3 is 5.97 Å². The maximum atomic E-state index is 15.1. The number of nitrogens with zero attached hydrogens (tertiary/aromatic N) is 3. The number of hydrogen-bond acceptors (Lipinski definition) is 8. The summed E-state index contributed by atoms with van der Waals surface area (Å²) in [5.74, 6) is -1.56. The lowest BCUT2D eigenvalue weighted by molar-refractivity contribution is -0.172. The Morgan fingerprint density at radius 3 is 2.81 bits per heavy atom. The zero-order valence-corrected chi connectivity index (χ0v) is 23.1. The van der Waals surface area contributed by atoms with Crippen molar-refractivity contribution in [1.82, 2.24) is 19.9 Å². The van der Waals surface area contributed by atoms with E-state index >= 15 is 4.39 Å². The van der Waals surface area contributed by atoms with E-state index in [1.807, 2.05) is 0 Å². The topological polar surface area (TPSA) is 149 Å². The highest BCUT2D eigenvalue weighted by Gasteiger charge is 2.46. The number of hydrogen-bond donors (Lipinski definition) is 3. The normalized spacial score (nSPS) is 20.1. The molecule has 5 heterocycles. The number of carbonyl (C=O) groups excluding carboxylic acids is 2. The minimum absolute atomic E-state index is 0.0202. The standard InChI is InChI=1S/C31H28FN5O5/c1-3-31(41)19-9-24-27-17(12-37(24)29(39)18(19)13-42-30(31)40)26-21(36-28(38)22-6-4-5-15(11-33)34-22)8-7-16-14(2)20(32)10-23(35-27)25(16)26/h4-6,9-10,21,41H,3,7-8,11-13,33H2,1-2H3,(H,36,38)/t21-,31-/m0/s1. The fourth-order valence-electron chi connectivity index (χ4n) is 6.65. The van der Waals surface area contributed by atoms with E-state index in [1.165, 1.54) is 6.07 Å². The first kappa shape index (κ1) is 26.4. The molecule has 4 N–H and O–H groups in total. The molecule has 7 rings (SSSR count). The summed E-state index contributed by atoms with van der Waals surface area (Å²) < 4.78 is 21.8. The molecule has 0 unspecified atom stereocenters. The van der Waals surface area contributed by atoms with Crippen LogP contribution in [0.2, 0.25) is 0 Å². The molecule has 0 saturated carbocycles. The fourth-order valence-corrected chi connectivity index (χ4v) is 6.65. The van der Waals surface area contributed by atoms with E-state index in [2.05, 4.69) is 10.3 Å². The smallest absolute Gasteiger partial charge is 0.343 e. The first-order valence-electron chi connectivity index (χ1n) is 13.9. The molecule has 1 amide bonds. The van der Waals surface area contributed by atoms with Crippen LogP contribution < -0.4 is 16.6 Å². The second-order valence-electron chi connectivity index (χ2n) is 11.1. The number of fused-ring (bicyclic) bond motifs is 5. The van der Waals surface area contributed by atoms with Crippen molar-refractivity contribution in [3.8, 4) is 11.4 Å². The molecule has 214 valence electrons. The van der Waals surface area contributed by atoms with Gasteiger partial charge in [-0.05, 0) is 61.1 Å². The van der Waals surface area contributed by atoms with E-state index in [-0.39, 0.29) is 54.7 Å². The van der Waals surface area contributed by atoms with Gasteiger partial charge in [0.25, 0.3) is 11.5 Å². The Kier molecular flexibility index (Phi) is 5.83. The lowest BCUT2D eigenvalue weighted by Crippen LogP contribution is -2.44. The van der Waals surface area contributed by atoms with Crippen molar-refractivity contribution in [3.05, 3.63) is 91.3 Å². The number of aryl methyl sites for hydroxylation is 1. The van der Waals surface area contributed by atoms with Gasteiger partial charge in [0.15, 0.2) is 5.60 Å². The maximum Gasteiger partial charge on any atom is 0.343 e. The van der Waals surface area contributed by atoms with E-state index < -0.39 is 23.2 Å². The minimum atomic E-state index is -1.96. The number of benzene rings is 1. The molecule has 1 aliphatic carbocycles. The summed E-state index contributed by atoms with van der Waals surface area (Å²) in [6.45, 7) is 3.50. The van der Waals surface area contributed by atoms with Crippen LogP contribution in [0.3, 0.4) is 0 Å². The van der Waals surface area contributed by atoms with Crippen molar-refractivity contribution in [3.63, 3.8) is 0 Å². The van der Waals surface area contributed by atoms with Gasteiger partial charge in [-0.2, -0.15) is 0 Å². The first-order chi connectivity index (χ1) is 20.2. The molecule has 2 atom stereocenters. The number of nitrogens with one attached hydrogen (secondary N) is 1. The number of aliphatic hydroxyl groups is 1. The van der Waals surface area contributed by atoms with Crippen LogP contribution in [-0.2, 0) is 41.2 Å². The van der Waals surface area contributed by atoms with Crippen molar-refractivity contribution in [1.29, 1.82) is 0 Å². The molecule has 42 heavy (non-hydrogen) atoms. The number of rotatable bonds is 4. The van der Waals surface area contributed by atoms with Crippen molar-refractivity contribution < 1.29 is 23.8 Å². The molecule has 3 aromatic heterocycles. The number of pyridine rings is 3. The van der Waals surface area contributed by atoms with Crippen molar-refractivity contribution >= 4 is 22.8 Å². The summed E-state index contributed by atoms with van der Waals surface area (Å²) in [6, 6.07) is 7.64. The lowest BCUT2D eigenvalue weighted by Gasteiger charge is -2.31. The number of nitrogens with two attached hydrogens (primary N) is 1. The van der Waals surface area contributed by atoms with Gasteiger partial charge in [-0.25, -0.2) is 19.2 Å². The first-order valence-corrected chi connectivity index (χ1v) is 13.9. The van der Waals surface area contributed by atoms with Crippen molar-refractivity contribution in [2.45, 2.75) is 64.4 Å². The summed E-state index contributed by atoms with van der Waals surface area (Å²) in [5, 5.41) is 15.1. The molecule has 0 radical (unpaired) electrons. The van der Waals surface area contributed by atoms with E-state index in [1.54, 1.807) is 42.7 Å². The third-order valence-electron chi connectivity index (χ3n) is 8.93. The van der Waals surface area contributed by atoms with Gasteiger partial charge in [0.2, 0.25) is 0 Å². The summed E-state index contributed by atoms with van der Waals surface area (Å²) in [6.07, 6.45) is 1.05.